The fourth-order valence-corrected chi connectivity index (χ4v) is 5.01. The number of hydrogen-bond donors (Lipinski definition) is 2. The second kappa shape index (κ2) is 13.4. The van der Waals surface area contributed by atoms with Gasteiger partial charge >= 0.3 is 5.97 Å². The summed E-state index contributed by atoms with van der Waals surface area (Å²) in [6.07, 6.45) is 0.633. The quantitative estimate of drug-likeness (QED) is 0.210. The highest BCUT2D eigenvalue weighted by Crippen LogP contribution is 2.46. The molecule has 0 unspecified atom stereocenters. The summed E-state index contributed by atoms with van der Waals surface area (Å²) in [5, 5.41) is 11.8. The van der Waals surface area contributed by atoms with E-state index in [1.807, 2.05) is 13.8 Å². The molecule has 1 heterocycles. The predicted octanol–water partition coefficient (Wildman–Crippen LogP) is 5.33. The van der Waals surface area contributed by atoms with Gasteiger partial charge < -0.3 is 20.1 Å². The van der Waals surface area contributed by atoms with Crippen LogP contribution in [0.1, 0.15) is 55.1 Å². The summed E-state index contributed by atoms with van der Waals surface area (Å²) in [6.45, 7) is 3.35. The molecule has 42 heavy (non-hydrogen) atoms. The third-order valence-electron chi connectivity index (χ3n) is 7.10. The van der Waals surface area contributed by atoms with E-state index in [1.54, 1.807) is 29.2 Å². The third kappa shape index (κ3) is 7.37. The second-order valence-electron chi connectivity index (χ2n) is 10.7. The van der Waals surface area contributed by atoms with Crippen molar-refractivity contribution in [2.45, 2.75) is 45.2 Å². The van der Waals surface area contributed by atoms with E-state index in [4.69, 9.17) is 4.74 Å². The number of carboxylic acids is 1. The Kier molecular flexibility index (Phi) is 9.67. The Labute approximate surface area is 242 Å². The van der Waals surface area contributed by atoms with Gasteiger partial charge in [-0.3, -0.25) is 14.4 Å². The molecule has 4 rings (SSSR count). The van der Waals surface area contributed by atoms with E-state index >= 15 is 0 Å². The van der Waals surface area contributed by atoms with Gasteiger partial charge in [0.15, 0.2) is 12.4 Å². The molecule has 0 radical (unpaired) electrons. The van der Waals surface area contributed by atoms with Crippen molar-refractivity contribution >= 4 is 29.3 Å². The molecule has 3 aromatic carbocycles. The van der Waals surface area contributed by atoms with Crippen molar-refractivity contribution in [3.63, 3.8) is 0 Å². The number of halogens is 2. The predicted molar refractivity (Wildman–Crippen MR) is 151 cm³/mol. The topological polar surface area (TPSA) is 113 Å². The number of nitrogens with one attached hydrogen (secondary N) is 1. The smallest absolute Gasteiger partial charge is 0.326 e. The zero-order valence-corrected chi connectivity index (χ0v) is 23.3. The van der Waals surface area contributed by atoms with Crippen LogP contribution < -0.4 is 15.0 Å². The molecule has 0 aliphatic carbocycles. The van der Waals surface area contributed by atoms with Crippen molar-refractivity contribution in [3.8, 4) is 5.75 Å². The summed E-state index contributed by atoms with van der Waals surface area (Å²) >= 11 is 0. The Hall–Kier alpha value is -4.60. The number of β-lactam (4-membered cyclic amide) rings is 1. The van der Waals surface area contributed by atoms with E-state index in [1.165, 1.54) is 48.5 Å². The van der Waals surface area contributed by atoms with Crippen LogP contribution in [0.15, 0.2) is 72.8 Å². The van der Waals surface area contributed by atoms with Crippen molar-refractivity contribution in [3.05, 3.63) is 95.6 Å². The fourth-order valence-electron chi connectivity index (χ4n) is 5.01. The number of amides is 2. The number of ketones is 1. The van der Waals surface area contributed by atoms with Crippen LogP contribution in [0.25, 0.3) is 0 Å². The van der Waals surface area contributed by atoms with Crippen molar-refractivity contribution in [2.24, 2.45) is 11.8 Å². The molecule has 1 fully saturated rings. The summed E-state index contributed by atoms with van der Waals surface area (Å²) < 4.78 is 32.4. The first-order chi connectivity index (χ1) is 20.0. The molecule has 8 nitrogen and oxygen atoms in total. The van der Waals surface area contributed by atoms with E-state index < -0.39 is 41.5 Å². The van der Waals surface area contributed by atoms with E-state index in [2.05, 4.69) is 5.32 Å². The van der Waals surface area contributed by atoms with E-state index in [0.29, 0.717) is 17.0 Å². The van der Waals surface area contributed by atoms with Crippen LogP contribution in [0.5, 0.6) is 5.75 Å². The van der Waals surface area contributed by atoms with Gasteiger partial charge in [0, 0.05) is 17.7 Å². The molecule has 0 spiro atoms. The number of carbonyl (C=O) groups excluding carboxylic acids is 3. The van der Waals surface area contributed by atoms with Gasteiger partial charge in [-0.1, -0.05) is 26.0 Å². The van der Waals surface area contributed by atoms with E-state index in [-0.39, 0.29) is 43.5 Å². The maximum absolute atomic E-state index is 13.6. The minimum atomic E-state index is -1.11. The summed E-state index contributed by atoms with van der Waals surface area (Å²) in [5.74, 6) is -3.04. The number of carboxylic acid groups (broad SMARTS) is 1. The number of ether oxygens (including phenoxy) is 1. The van der Waals surface area contributed by atoms with Crippen molar-refractivity contribution in [1.29, 1.82) is 0 Å². The largest absolute Gasteiger partial charge is 0.484 e. The number of Topliss-reactive ketones (excluding diaryl/α,β-unsaturated/α-hetero) is 1. The zero-order valence-electron chi connectivity index (χ0n) is 23.3. The number of hydrogen-bond acceptors (Lipinski definition) is 5. The summed E-state index contributed by atoms with van der Waals surface area (Å²) in [4.78, 5) is 51.2. The lowest BCUT2D eigenvalue weighted by molar-refractivity contribution is -0.142. The minimum Gasteiger partial charge on any atom is -0.484 e. The highest BCUT2D eigenvalue weighted by Gasteiger charge is 2.48. The molecule has 2 amide bonds. The van der Waals surface area contributed by atoms with Crippen molar-refractivity contribution in [1.82, 2.24) is 5.32 Å². The standard InChI is InChI=1S/C32H32F2N2O6/c1-19(2)17-27(32(40)41)35-29(38)18-42-25-13-5-21(6-14-25)30-26(15-16-28(37)20-3-7-22(33)8-4-20)31(39)36(30)24-11-9-23(34)10-12-24/h3-14,19,26-27,30H,15-18H2,1-2H3,(H,35,38)(H,40,41)/t26-,27-,30-/m1/s1. The highest BCUT2D eigenvalue weighted by atomic mass is 19.1. The van der Waals surface area contributed by atoms with E-state index in [9.17, 15) is 33.1 Å². The van der Waals surface area contributed by atoms with Crippen LogP contribution in [-0.4, -0.2) is 41.3 Å². The van der Waals surface area contributed by atoms with Gasteiger partial charge in [0.1, 0.15) is 23.4 Å². The van der Waals surface area contributed by atoms with Gasteiger partial charge in [-0.05, 0) is 85.0 Å². The lowest BCUT2D eigenvalue weighted by atomic mass is 9.78. The molecule has 0 bridgehead atoms. The van der Waals surface area contributed by atoms with Crippen LogP contribution in [0, 0.1) is 23.5 Å². The van der Waals surface area contributed by atoms with Crippen LogP contribution in [-0.2, 0) is 14.4 Å². The number of anilines is 1. The maximum Gasteiger partial charge on any atom is 0.326 e. The lowest BCUT2D eigenvalue weighted by Gasteiger charge is -2.47. The molecule has 2 N–H and O–H groups in total. The van der Waals surface area contributed by atoms with Crippen LogP contribution in [0.2, 0.25) is 0 Å². The molecule has 1 aliphatic rings. The van der Waals surface area contributed by atoms with Crippen molar-refractivity contribution in [2.75, 3.05) is 11.5 Å². The molecular formula is C32H32F2N2O6. The summed E-state index contributed by atoms with van der Waals surface area (Å²) in [5.41, 5.74) is 1.62. The molecule has 1 saturated heterocycles. The molecule has 1 aliphatic heterocycles. The van der Waals surface area contributed by atoms with Crippen molar-refractivity contribution < 1.29 is 37.8 Å². The van der Waals surface area contributed by atoms with Gasteiger partial charge in [-0.15, -0.1) is 0 Å². The van der Waals surface area contributed by atoms with Gasteiger partial charge in [0.2, 0.25) is 5.91 Å². The zero-order chi connectivity index (χ0) is 30.4. The lowest BCUT2D eigenvalue weighted by Crippen LogP contribution is -2.55. The number of rotatable bonds is 13. The molecule has 3 aromatic rings. The molecule has 220 valence electrons. The Bertz CT molecular complexity index is 1420. The Morgan fingerprint density at radius 3 is 2.10 bits per heavy atom. The molecule has 10 heteroatoms. The van der Waals surface area contributed by atoms with Crippen LogP contribution >= 0.6 is 0 Å². The summed E-state index contributed by atoms with van der Waals surface area (Å²) in [6, 6.07) is 16.1. The van der Waals surface area contributed by atoms with Gasteiger partial charge in [-0.2, -0.15) is 0 Å². The van der Waals surface area contributed by atoms with Gasteiger partial charge in [-0.25, -0.2) is 13.6 Å². The number of carbonyl (C=O) groups is 4. The van der Waals surface area contributed by atoms with Gasteiger partial charge in [0.25, 0.3) is 5.91 Å². The Balaban J connectivity index is 1.45. The number of aliphatic carboxylic acids is 1. The van der Waals surface area contributed by atoms with Crippen LogP contribution in [0.4, 0.5) is 14.5 Å². The number of benzene rings is 3. The van der Waals surface area contributed by atoms with Gasteiger partial charge in [0.05, 0.1) is 12.0 Å². The molecular weight excluding hydrogens is 546 g/mol. The minimum absolute atomic E-state index is 0.0811. The maximum atomic E-state index is 13.6. The highest BCUT2D eigenvalue weighted by molar-refractivity contribution is 6.04. The van der Waals surface area contributed by atoms with Crippen LogP contribution in [0.3, 0.4) is 0 Å². The second-order valence-corrected chi connectivity index (χ2v) is 10.7. The molecule has 3 atom stereocenters. The Morgan fingerprint density at radius 1 is 0.929 bits per heavy atom. The molecule has 0 saturated carbocycles. The molecule has 0 aromatic heterocycles. The first-order valence-electron chi connectivity index (χ1n) is 13.7. The SMILES string of the molecule is CC(C)C[C@@H](NC(=O)COc1ccc([C@@H]2[C@@H](CCC(=O)c3ccc(F)cc3)C(=O)N2c2ccc(F)cc2)cc1)C(=O)O. The third-order valence-corrected chi connectivity index (χ3v) is 7.10. The fraction of sp³-hybridized carbons (Fsp3) is 0.312. The van der Waals surface area contributed by atoms with E-state index in [0.717, 1.165) is 5.56 Å². The Morgan fingerprint density at radius 2 is 1.52 bits per heavy atom. The number of nitrogens with zero attached hydrogens (tertiary/aromatic N) is 1. The monoisotopic (exact) mass is 578 g/mol. The first-order valence-corrected chi connectivity index (χ1v) is 13.7. The summed E-state index contributed by atoms with van der Waals surface area (Å²) in [7, 11) is 0. The average Bonchev–Trinajstić information content (AvgIpc) is 2.95. The average molecular weight is 579 g/mol. The normalized spacial score (nSPS) is 17.0. The first kappa shape index (κ1) is 30.4.